The molecule has 0 aromatic heterocycles. The van der Waals surface area contributed by atoms with E-state index in [0.717, 1.165) is 0 Å². The van der Waals surface area contributed by atoms with Gasteiger partial charge in [0.2, 0.25) is 5.91 Å². The molecule has 10 nitrogen and oxygen atoms in total. The average molecular weight is 440 g/mol. The maximum atomic E-state index is 12.4. The highest BCUT2D eigenvalue weighted by Gasteiger charge is 2.36. The van der Waals surface area contributed by atoms with Crippen LogP contribution in [0.5, 0.6) is 0 Å². The number of hydrogen-bond donors (Lipinski definition) is 0. The largest absolute Gasteiger partial charge is 0.462 e. The van der Waals surface area contributed by atoms with Crippen LogP contribution in [0.4, 0.5) is 11.4 Å². The number of amides is 1. The molecule has 3 rings (SSSR count). The zero-order valence-electron chi connectivity index (χ0n) is 17.2. The van der Waals surface area contributed by atoms with Gasteiger partial charge in [-0.25, -0.2) is 4.79 Å². The zero-order valence-corrected chi connectivity index (χ0v) is 17.2. The van der Waals surface area contributed by atoms with Gasteiger partial charge in [-0.1, -0.05) is 0 Å². The van der Waals surface area contributed by atoms with Gasteiger partial charge in [0, 0.05) is 36.3 Å². The van der Waals surface area contributed by atoms with E-state index in [2.05, 4.69) is 0 Å². The molecule has 1 fully saturated rings. The fourth-order valence-electron chi connectivity index (χ4n) is 3.21. The molecule has 0 unspecified atom stereocenters. The van der Waals surface area contributed by atoms with Gasteiger partial charge in [0.1, 0.15) is 0 Å². The van der Waals surface area contributed by atoms with Gasteiger partial charge in [0.05, 0.1) is 23.0 Å². The first-order valence-electron chi connectivity index (χ1n) is 9.82. The van der Waals surface area contributed by atoms with E-state index in [4.69, 9.17) is 9.47 Å². The van der Waals surface area contributed by atoms with Gasteiger partial charge < -0.3 is 14.4 Å². The Hall–Kier alpha value is -4.08. The third-order valence-electron chi connectivity index (χ3n) is 4.89. The molecule has 1 heterocycles. The lowest BCUT2D eigenvalue weighted by molar-refractivity contribution is -0.384. The van der Waals surface area contributed by atoms with Crippen molar-refractivity contribution in [3.8, 4) is 0 Å². The minimum absolute atomic E-state index is 0.0653. The number of esters is 2. The van der Waals surface area contributed by atoms with E-state index in [1.165, 1.54) is 41.3 Å². The summed E-state index contributed by atoms with van der Waals surface area (Å²) in [5.74, 6) is -2.68. The van der Waals surface area contributed by atoms with Gasteiger partial charge in [-0.3, -0.25) is 24.5 Å². The first-order chi connectivity index (χ1) is 15.3. The summed E-state index contributed by atoms with van der Waals surface area (Å²) in [7, 11) is 0. The Morgan fingerprint density at radius 1 is 1.03 bits per heavy atom. The highest BCUT2D eigenvalue weighted by atomic mass is 16.6. The number of carbonyl (C=O) groups is 4. The van der Waals surface area contributed by atoms with E-state index >= 15 is 0 Å². The highest BCUT2D eigenvalue weighted by Crippen LogP contribution is 2.26. The van der Waals surface area contributed by atoms with Gasteiger partial charge in [0.15, 0.2) is 12.4 Å². The fraction of sp³-hybridized carbons (Fsp3) is 0.273. The number of nitro groups is 1. The van der Waals surface area contributed by atoms with Gasteiger partial charge in [-0.2, -0.15) is 0 Å². The first kappa shape index (κ1) is 22.6. The fourth-order valence-corrected chi connectivity index (χ4v) is 3.21. The molecule has 0 aliphatic carbocycles. The number of ketones is 1. The summed E-state index contributed by atoms with van der Waals surface area (Å²) in [5.41, 5.74) is 0.899. The molecule has 1 saturated heterocycles. The van der Waals surface area contributed by atoms with Crippen LogP contribution in [-0.2, 0) is 19.1 Å². The molecular weight excluding hydrogens is 420 g/mol. The van der Waals surface area contributed by atoms with E-state index in [1.54, 1.807) is 19.1 Å². The van der Waals surface area contributed by atoms with E-state index in [0.29, 0.717) is 11.3 Å². The molecule has 1 amide bonds. The molecule has 0 bridgehead atoms. The number of benzene rings is 2. The summed E-state index contributed by atoms with van der Waals surface area (Å²) in [5, 5.41) is 10.7. The maximum absolute atomic E-state index is 12.4. The highest BCUT2D eigenvalue weighted by molar-refractivity contribution is 6.01. The SMILES string of the molecule is CCOC(=O)c1ccc(N2C[C@@H](C(=O)OCC(=O)c3ccc([N+](=O)[O-])cc3)CC2=O)cc1. The van der Waals surface area contributed by atoms with Crippen LogP contribution in [0.3, 0.4) is 0 Å². The Bertz CT molecular complexity index is 1050. The van der Waals surface area contributed by atoms with Crippen molar-refractivity contribution in [3.63, 3.8) is 0 Å². The lowest BCUT2D eigenvalue weighted by Crippen LogP contribution is -2.27. The topological polar surface area (TPSA) is 133 Å². The molecule has 32 heavy (non-hydrogen) atoms. The maximum Gasteiger partial charge on any atom is 0.338 e. The second kappa shape index (κ2) is 9.82. The monoisotopic (exact) mass is 440 g/mol. The Kier molecular flexibility index (Phi) is 6.93. The quantitative estimate of drug-likeness (QED) is 0.265. The van der Waals surface area contributed by atoms with Crippen LogP contribution in [0, 0.1) is 16.0 Å². The Morgan fingerprint density at radius 2 is 1.66 bits per heavy atom. The molecule has 2 aromatic carbocycles. The van der Waals surface area contributed by atoms with E-state index < -0.39 is 35.2 Å². The molecule has 2 aromatic rings. The van der Waals surface area contributed by atoms with Gasteiger partial charge in [0.25, 0.3) is 5.69 Å². The van der Waals surface area contributed by atoms with Crippen molar-refractivity contribution in [1.29, 1.82) is 0 Å². The molecular formula is C22H20N2O8. The van der Waals surface area contributed by atoms with Gasteiger partial charge in [-0.05, 0) is 43.3 Å². The van der Waals surface area contributed by atoms with Crippen molar-refractivity contribution in [2.45, 2.75) is 13.3 Å². The Morgan fingerprint density at radius 3 is 2.25 bits per heavy atom. The van der Waals surface area contributed by atoms with Crippen LogP contribution in [0.1, 0.15) is 34.1 Å². The molecule has 1 atom stereocenters. The molecule has 1 aliphatic rings. The molecule has 0 radical (unpaired) electrons. The minimum atomic E-state index is -0.739. The van der Waals surface area contributed by atoms with Crippen molar-refractivity contribution in [3.05, 3.63) is 69.8 Å². The number of ether oxygens (including phenoxy) is 2. The summed E-state index contributed by atoms with van der Waals surface area (Å²) in [6.45, 7) is 1.51. The lowest BCUT2D eigenvalue weighted by Gasteiger charge is -2.17. The molecule has 1 aliphatic heterocycles. The van der Waals surface area contributed by atoms with Crippen LogP contribution < -0.4 is 4.90 Å². The Balaban J connectivity index is 1.56. The van der Waals surface area contributed by atoms with Crippen LogP contribution in [0.25, 0.3) is 0 Å². The van der Waals surface area contributed by atoms with Crippen LogP contribution >= 0.6 is 0 Å². The number of anilines is 1. The van der Waals surface area contributed by atoms with Crippen molar-refractivity contribution in [2.75, 3.05) is 24.7 Å². The van der Waals surface area contributed by atoms with Crippen molar-refractivity contribution in [1.82, 2.24) is 0 Å². The third kappa shape index (κ3) is 5.15. The number of carbonyl (C=O) groups excluding carboxylic acids is 4. The summed E-state index contributed by atoms with van der Waals surface area (Å²) in [6.07, 6.45) is -0.0653. The second-order valence-electron chi connectivity index (χ2n) is 7.01. The first-order valence-corrected chi connectivity index (χ1v) is 9.82. The predicted octanol–water partition coefficient (Wildman–Crippen LogP) is 2.55. The number of rotatable bonds is 8. The van der Waals surface area contributed by atoms with Crippen LogP contribution in [0.2, 0.25) is 0 Å². The van der Waals surface area contributed by atoms with E-state index in [-0.39, 0.29) is 36.7 Å². The number of nitrogens with zero attached hydrogens (tertiary/aromatic N) is 2. The van der Waals surface area contributed by atoms with Crippen LogP contribution in [0.15, 0.2) is 48.5 Å². The van der Waals surface area contributed by atoms with Crippen molar-refractivity contribution < 1.29 is 33.6 Å². The van der Waals surface area contributed by atoms with Crippen molar-refractivity contribution in [2.24, 2.45) is 5.92 Å². The summed E-state index contributed by atoms with van der Waals surface area (Å²) in [4.78, 5) is 60.1. The Labute approximate surface area is 182 Å². The number of Topliss-reactive ketones (excluding diaryl/α,β-unsaturated/α-hetero) is 1. The van der Waals surface area contributed by atoms with Gasteiger partial charge >= 0.3 is 11.9 Å². The third-order valence-corrected chi connectivity index (χ3v) is 4.89. The van der Waals surface area contributed by atoms with E-state index in [9.17, 15) is 29.3 Å². The molecule has 166 valence electrons. The summed E-state index contributed by atoms with van der Waals surface area (Å²) < 4.78 is 9.99. The van der Waals surface area contributed by atoms with E-state index in [1.807, 2.05) is 0 Å². The molecule has 0 saturated carbocycles. The summed E-state index contributed by atoms with van der Waals surface area (Å²) >= 11 is 0. The smallest absolute Gasteiger partial charge is 0.338 e. The molecule has 10 heteroatoms. The lowest BCUT2D eigenvalue weighted by atomic mass is 10.1. The minimum Gasteiger partial charge on any atom is -0.462 e. The summed E-state index contributed by atoms with van der Waals surface area (Å²) in [6, 6.07) is 11.2. The predicted molar refractivity (Wildman–Crippen MR) is 111 cm³/mol. The second-order valence-corrected chi connectivity index (χ2v) is 7.01. The normalized spacial score (nSPS) is 15.3. The van der Waals surface area contributed by atoms with Crippen molar-refractivity contribution >= 4 is 35.0 Å². The number of non-ortho nitro benzene ring substituents is 1. The van der Waals surface area contributed by atoms with Crippen LogP contribution in [-0.4, -0.2) is 48.3 Å². The average Bonchev–Trinajstić information content (AvgIpc) is 3.19. The molecule has 0 spiro atoms. The number of hydrogen-bond acceptors (Lipinski definition) is 8. The number of nitro benzene ring substituents is 1. The standard InChI is InChI=1S/C22H20N2O8/c1-2-31-21(27)15-5-7-17(8-6-15)23-12-16(11-20(23)26)22(28)32-13-19(25)14-3-9-18(10-4-14)24(29)30/h3-10,16H,2,11-13H2,1H3/t16-/m0/s1. The van der Waals surface area contributed by atoms with Gasteiger partial charge in [-0.15, -0.1) is 0 Å². The zero-order chi connectivity index (χ0) is 23.3. The molecule has 0 N–H and O–H groups in total.